The van der Waals surface area contributed by atoms with E-state index in [0.717, 1.165) is 0 Å². The van der Waals surface area contributed by atoms with Crippen molar-refractivity contribution >= 4 is 18.9 Å². The van der Waals surface area contributed by atoms with Crippen LogP contribution in [0.2, 0.25) is 0 Å². The van der Waals surface area contributed by atoms with E-state index in [4.69, 9.17) is 4.74 Å². The Bertz CT molecular complexity index is 357. The van der Waals surface area contributed by atoms with Crippen LogP contribution >= 0.6 is 0 Å². The van der Waals surface area contributed by atoms with Crippen LogP contribution in [0.15, 0.2) is 18.2 Å². The molecule has 0 unspecified atom stereocenters. The lowest BCUT2D eigenvalue weighted by Gasteiger charge is -2.03. The van der Waals surface area contributed by atoms with E-state index in [-0.39, 0.29) is 12.2 Å². The Morgan fingerprint density at radius 3 is 2.36 bits per heavy atom. The van der Waals surface area contributed by atoms with Crippen molar-refractivity contribution in [1.82, 2.24) is 0 Å². The van der Waals surface area contributed by atoms with Crippen LogP contribution < -0.4 is 4.74 Å². The molecule has 1 aromatic carbocycles. The van der Waals surface area contributed by atoms with Gasteiger partial charge < -0.3 is 4.74 Å². The van der Waals surface area contributed by atoms with Crippen LogP contribution in [0.1, 0.15) is 20.7 Å². The summed E-state index contributed by atoms with van der Waals surface area (Å²) in [5, 5.41) is 0. The number of benzene rings is 1. The summed E-state index contributed by atoms with van der Waals surface area (Å²) in [6.07, 6.45) is 1.76. The SMILES string of the molecule is O=CCOc1ccc(C=O)c(C=O)c1. The minimum absolute atomic E-state index is 0.0707. The zero-order valence-electron chi connectivity index (χ0n) is 7.30. The van der Waals surface area contributed by atoms with Crippen LogP contribution in [0.3, 0.4) is 0 Å². The van der Waals surface area contributed by atoms with Gasteiger partial charge in [0.25, 0.3) is 0 Å². The normalized spacial score (nSPS) is 9.14. The third-order valence-electron chi connectivity index (χ3n) is 1.63. The summed E-state index contributed by atoms with van der Waals surface area (Å²) >= 11 is 0. The van der Waals surface area contributed by atoms with Crippen molar-refractivity contribution < 1.29 is 19.1 Å². The van der Waals surface area contributed by atoms with Crippen LogP contribution in [0.4, 0.5) is 0 Å². The highest BCUT2D eigenvalue weighted by molar-refractivity contribution is 5.90. The topological polar surface area (TPSA) is 60.4 Å². The molecule has 14 heavy (non-hydrogen) atoms. The van der Waals surface area contributed by atoms with Crippen molar-refractivity contribution in [3.8, 4) is 5.75 Å². The smallest absolute Gasteiger partial charge is 0.157 e. The summed E-state index contributed by atoms with van der Waals surface area (Å²) in [6.45, 7) is -0.0707. The van der Waals surface area contributed by atoms with Gasteiger partial charge in [-0.1, -0.05) is 0 Å². The van der Waals surface area contributed by atoms with Gasteiger partial charge in [-0.15, -0.1) is 0 Å². The second-order valence-electron chi connectivity index (χ2n) is 2.50. The fourth-order valence-electron chi connectivity index (χ4n) is 0.982. The molecule has 0 saturated carbocycles. The molecule has 72 valence electrons. The average Bonchev–Trinajstić information content (AvgIpc) is 2.25. The van der Waals surface area contributed by atoms with Crippen molar-refractivity contribution in [3.05, 3.63) is 29.3 Å². The molecule has 0 aliphatic carbocycles. The van der Waals surface area contributed by atoms with Gasteiger partial charge in [-0.05, 0) is 18.2 Å². The lowest BCUT2D eigenvalue weighted by Crippen LogP contribution is -1.99. The quantitative estimate of drug-likeness (QED) is 0.650. The maximum atomic E-state index is 10.5. The molecule has 1 rings (SSSR count). The van der Waals surface area contributed by atoms with Crippen LogP contribution in [0.25, 0.3) is 0 Å². The van der Waals surface area contributed by atoms with Gasteiger partial charge in [0.1, 0.15) is 12.4 Å². The second-order valence-corrected chi connectivity index (χ2v) is 2.50. The third-order valence-corrected chi connectivity index (χ3v) is 1.63. The summed E-state index contributed by atoms with van der Waals surface area (Å²) in [4.78, 5) is 31.0. The Hall–Kier alpha value is -1.97. The summed E-state index contributed by atoms with van der Waals surface area (Å²) in [7, 11) is 0. The number of carbonyl (C=O) groups is 3. The van der Waals surface area contributed by atoms with Gasteiger partial charge in [0.15, 0.2) is 18.9 Å². The first-order valence-corrected chi connectivity index (χ1v) is 3.92. The highest BCUT2D eigenvalue weighted by atomic mass is 16.5. The Kier molecular flexibility index (Phi) is 3.55. The molecule has 0 spiro atoms. The lowest BCUT2D eigenvalue weighted by atomic mass is 10.1. The maximum absolute atomic E-state index is 10.5. The summed E-state index contributed by atoms with van der Waals surface area (Å²) < 4.78 is 4.95. The maximum Gasteiger partial charge on any atom is 0.157 e. The molecular weight excluding hydrogens is 184 g/mol. The first-order chi connectivity index (χ1) is 6.81. The first-order valence-electron chi connectivity index (χ1n) is 3.92. The van der Waals surface area contributed by atoms with Gasteiger partial charge in [0.2, 0.25) is 0 Å². The van der Waals surface area contributed by atoms with E-state index in [9.17, 15) is 14.4 Å². The fraction of sp³-hybridized carbons (Fsp3) is 0.100. The van der Waals surface area contributed by atoms with Crippen molar-refractivity contribution in [1.29, 1.82) is 0 Å². The zero-order chi connectivity index (χ0) is 10.4. The van der Waals surface area contributed by atoms with E-state index < -0.39 is 0 Å². The van der Waals surface area contributed by atoms with Gasteiger partial charge in [-0.2, -0.15) is 0 Å². The number of carbonyl (C=O) groups excluding carboxylic acids is 3. The first kappa shape index (κ1) is 10.1. The van der Waals surface area contributed by atoms with Gasteiger partial charge >= 0.3 is 0 Å². The van der Waals surface area contributed by atoms with Crippen molar-refractivity contribution in [2.75, 3.05) is 6.61 Å². The van der Waals surface area contributed by atoms with Gasteiger partial charge in [0, 0.05) is 11.1 Å². The van der Waals surface area contributed by atoms with Crippen molar-refractivity contribution in [2.24, 2.45) is 0 Å². The third kappa shape index (κ3) is 2.26. The predicted octanol–water partition coefficient (Wildman–Crippen LogP) is 0.889. The minimum Gasteiger partial charge on any atom is -0.486 e. The van der Waals surface area contributed by atoms with E-state index in [2.05, 4.69) is 0 Å². The highest BCUT2D eigenvalue weighted by Crippen LogP contribution is 2.15. The Morgan fingerprint density at radius 1 is 1.07 bits per heavy atom. The summed E-state index contributed by atoms with van der Waals surface area (Å²) in [5.41, 5.74) is 0.557. The van der Waals surface area contributed by atoms with E-state index >= 15 is 0 Å². The summed E-state index contributed by atoms with van der Waals surface area (Å²) in [6, 6.07) is 4.41. The zero-order valence-corrected chi connectivity index (χ0v) is 7.30. The monoisotopic (exact) mass is 192 g/mol. The molecule has 4 nitrogen and oxygen atoms in total. The molecule has 0 aromatic heterocycles. The molecule has 0 amide bonds. The van der Waals surface area contributed by atoms with Gasteiger partial charge in [-0.25, -0.2) is 0 Å². The van der Waals surface area contributed by atoms with Crippen molar-refractivity contribution in [2.45, 2.75) is 0 Å². The largest absolute Gasteiger partial charge is 0.486 e. The molecule has 0 atom stereocenters. The molecule has 4 heteroatoms. The Morgan fingerprint density at radius 2 is 1.79 bits per heavy atom. The van der Waals surface area contributed by atoms with E-state index in [0.29, 0.717) is 30.2 Å². The standard InChI is InChI=1S/C10H8O4/c11-3-4-14-10-2-1-8(6-12)9(5-10)7-13/h1-3,5-7H,4H2. The molecule has 0 bridgehead atoms. The molecule has 1 aromatic rings. The minimum atomic E-state index is -0.0707. The average molecular weight is 192 g/mol. The van der Waals surface area contributed by atoms with E-state index in [1.54, 1.807) is 0 Å². The van der Waals surface area contributed by atoms with Gasteiger partial charge in [0.05, 0.1) is 0 Å². The molecule has 0 heterocycles. The van der Waals surface area contributed by atoms with Crippen molar-refractivity contribution in [3.63, 3.8) is 0 Å². The van der Waals surface area contributed by atoms with Crippen LogP contribution in [0.5, 0.6) is 5.75 Å². The van der Waals surface area contributed by atoms with Gasteiger partial charge in [-0.3, -0.25) is 14.4 Å². The molecule has 0 aliphatic rings. The molecule has 0 fully saturated rings. The number of hydrogen-bond donors (Lipinski definition) is 0. The fourth-order valence-corrected chi connectivity index (χ4v) is 0.982. The van der Waals surface area contributed by atoms with E-state index in [1.807, 2.05) is 0 Å². The summed E-state index contributed by atoms with van der Waals surface area (Å²) in [5.74, 6) is 0.393. The molecule has 0 radical (unpaired) electrons. The molecule has 0 N–H and O–H groups in total. The highest BCUT2D eigenvalue weighted by Gasteiger charge is 2.02. The number of aldehydes is 3. The predicted molar refractivity (Wildman–Crippen MR) is 48.8 cm³/mol. The number of hydrogen-bond acceptors (Lipinski definition) is 4. The Balaban J connectivity index is 2.94. The lowest BCUT2D eigenvalue weighted by molar-refractivity contribution is -0.109. The van der Waals surface area contributed by atoms with Crippen LogP contribution in [0, 0.1) is 0 Å². The number of ether oxygens (including phenoxy) is 1. The van der Waals surface area contributed by atoms with Crippen LogP contribution in [-0.4, -0.2) is 25.5 Å². The molecule has 0 saturated heterocycles. The second kappa shape index (κ2) is 4.91. The van der Waals surface area contributed by atoms with Crippen LogP contribution in [-0.2, 0) is 4.79 Å². The number of rotatable bonds is 5. The molecular formula is C10H8O4. The molecule has 0 aliphatic heterocycles. The Labute approximate surface area is 80.5 Å². The van der Waals surface area contributed by atoms with E-state index in [1.165, 1.54) is 18.2 Å².